The molecule has 31 heavy (non-hydrogen) atoms. The molecule has 4 rings (SSSR count). The summed E-state index contributed by atoms with van der Waals surface area (Å²) in [5, 5.41) is 4.72. The van der Waals surface area contributed by atoms with Gasteiger partial charge in [0.15, 0.2) is 17.4 Å². The number of nitrogens with zero attached hydrogens (tertiary/aromatic N) is 4. The highest BCUT2D eigenvalue weighted by Crippen LogP contribution is 2.32. The van der Waals surface area contributed by atoms with Gasteiger partial charge in [0.05, 0.1) is 24.0 Å². The lowest BCUT2D eigenvalue weighted by Gasteiger charge is -2.17. The van der Waals surface area contributed by atoms with Crippen LogP contribution in [0.2, 0.25) is 0 Å². The second-order valence-electron chi connectivity index (χ2n) is 8.04. The zero-order valence-corrected chi connectivity index (χ0v) is 18.4. The third-order valence-electron chi connectivity index (χ3n) is 5.02. The predicted molar refractivity (Wildman–Crippen MR) is 119 cm³/mol. The molecular formula is C22H24FN5O2S. The Balaban J connectivity index is 1.68. The van der Waals surface area contributed by atoms with Crippen LogP contribution in [0, 0.1) is 25.2 Å². The first kappa shape index (κ1) is 21.1. The zero-order chi connectivity index (χ0) is 22.1. The lowest BCUT2D eigenvalue weighted by Crippen LogP contribution is -2.30. The molecule has 9 heteroatoms. The van der Waals surface area contributed by atoms with E-state index < -0.39 is 18.2 Å². The summed E-state index contributed by atoms with van der Waals surface area (Å²) < 4.78 is 22.7. The normalized spacial score (nSPS) is 18.5. The molecule has 1 N–H and O–H groups in total. The molecule has 0 aliphatic carbocycles. The van der Waals surface area contributed by atoms with E-state index in [0.29, 0.717) is 22.7 Å². The Morgan fingerprint density at radius 1 is 1.48 bits per heavy atom. The minimum absolute atomic E-state index is 0.0818. The van der Waals surface area contributed by atoms with E-state index in [4.69, 9.17) is 11.2 Å². The van der Waals surface area contributed by atoms with Gasteiger partial charge in [0.2, 0.25) is 5.88 Å². The number of ether oxygens (including phenoxy) is 1. The van der Waals surface area contributed by atoms with E-state index in [2.05, 4.69) is 33.7 Å². The number of halogens is 1. The molecule has 1 aliphatic rings. The molecule has 0 bridgehead atoms. The van der Waals surface area contributed by atoms with Gasteiger partial charge in [0.1, 0.15) is 5.82 Å². The highest BCUT2D eigenvalue weighted by atomic mass is 32.1. The molecule has 1 saturated heterocycles. The van der Waals surface area contributed by atoms with Crippen LogP contribution in [0.15, 0.2) is 24.5 Å². The van der Waals surface area contributed by atoms with E-state index in [1.54, 1.807) is 6.20 Å². The van der Waals surface area contributed by atoms with Crippen molar-refractivity contribution in [2.45, 2.75) is 39.6 Å². The van der Waals surface area contributed by atoms with Gasteiger partial charge in [-0.05, 0) is 24.8 Å². The number of carbonyl (C=O) groups is 1. The van der Waals surface area contributed by atoms with Gasteiger partial charge >= 0.3 is 0 Å². The van der Waals surface area contributed by atoms with Gasteiger partial charge in [-0.1, -0.05) is 13.8 Å². The van der Waals surface area contributed by atoms with Crippen LogP contribution in [0.1, 0.15) is 18.7 Å². The molecule has 3 aromatic heterocycles. The molecular weight excluding hydrogens is 417 g/mol. The molecule has 1 aliphatic heterocycles. The monoisotopic (exact) mass is 441 g/mol. The SMILES string of the molecule is C#CC(=O)N1C[C@H](F)[C@H](Oc2nc(Nc3ncc(C)s3)cc3c2ccn3CC(C)C)C1. The molecule has 0 unspecified atom stereocenters. The highest BCUT2D eigenvalue weighted by molar-refractivity contribution is 7.15. The first-order valence-electron chi connectivity index (χ1n) is 10.1. The van der Waals surface area contributed by atoms with Crippen molar-refractivity contribution in [3.05, 3.63) is 29.4 Å². The Kier molecular flexibility index (Phi) is 5.83. The largest absolute Gasteiger partial charge is 0.469 e. The van der Waals surface area contributed by atoms with Crippen molar-refractivity contribution in [2.75, 3.05) is 18.4 Å². The fourth-order valence-corrected chi connectivity index (χ4v) is 4.30. The number of terminal acetylenes is 1. The van der Waals surface area contributed by atoms with E-state index in [-0.39, 0.29) is 13.1 Å². The van der Waals surface area contributed by atoms with Crippen LogP contribution >= 0.6 is 11.3 Å². The Hall–Kier alpha value is -3.12. The number of nitrogens with one attached hydrogen (secondary N) is 1. The average molecular weight is 442 g/mol. The Bertz CT molecular complexity index is 1150. The predicted octanol–water partition coefficient (Wildman–Crippen LogP) is 3.76. The second kappa shape index (κ2) is 8.55. The van der Waals surface area contributed by atoms with Crippen molar-refractivity contribution in [1.82, 2.24) is 19.4 Å². The summed E-state index contributed by atoms with van der Waals surface area (Å²) >= 11 is 1.52. The van der Waals surface area contributed by atoms with Crippen molar-refractivity contribution >= 4 is 39.1 Å². The van der Waals surface area contributed by atoms with E-state index in [0.717, 1.165) is 22.3 Å². The van der Waals surface area contributed by atoms with E-state index in [9.17, 15) is 9.18 Å². The van der Waals surface area contributed by atoms with Crippen molar-refractivity contribution in [2.24, 2.45) is 5.92 Å². The summed E-state index contributed by atoms with van der Waals surface area (Å²) in [6, 6.07) is 3.86. The molecule has 2 atom stereocenters. The van der Waals surface area contributed by atoms with E-state index in [1.807, 2.05) is 31.2 Å². The molecule has 162 valence electrons. The third kappa shape index (κ3) is 4.49. The molecule has 1 amide bonds. The summed E-state index contributed by atoms with van der Waals surface area (Å²) in [5.74, 6) is 2.82. The number of pyridine rings is 1. The van der Waals surface area contributed by atoms with Crippen LogP contribution in [0.4, 0.5) is 15.3 Å². The fraction of sp³-hybridized carbons (Fsp3) is 0.409. The van der Waals surface area contributed by atoms with Gasteiger partial charge in [-0.3, -0.25) is 4.79 Å². The molecule has 7 nitrogen and oxygen atoms in total. The van der Waals surface area contributed by atoms with Crippen LogP contribution in [-0.4, -0.2) is 50.7 Å². The van der Waals surface area contributed by atoms with E-state index in [1.165, 1.54) is 16.2 Å². The summed E-state index contributed by atoms with van der Waals surface area (Å²) in [4.78, 5) is 23.1. The molecule has 0 saturated carbocycles. The minimum atomic E-state index is -1.34. The number of aromatic nitrogens is 3. The Labute approximate surface area is 184 Å². The number of anilines is 2. The lowest BCUT2D eigenvalue weighted by atomic mass is 10.2. The topological polar surface area (TPSA) is 72.3 Å². The van der Waals surface area contributed by atoms with Gasteiger partial charge in [-0.2, -0.15) is 4.98 Å². The Morgan fingerprint density at radius 2 is 2.29 bits per heavy atom. The van der Waals surface area contributed by atoms with Crippen LogP contribution < -0.4 is 10.1 Å². The van der Waals surface area contributed by atoms with Gasteiger partial charge < -0.3 is 19.5 Å². The molecule has 0 radical (unpaired) electrons. The van der Waals surface area contributed by atoms with Gasteiger partial charge in [-0.15, -0.1) is 17.8 Å². The summed E-state index contributed by atoms with van der Waals surface area (Å²) in [6.45, 7) is 7.09. The highest BCUT2D eigenvalue weighted by Gasteiger charge is 2.37. The van der Waals surface area contributed by atoms with Crippen LogP contribution in [0.5, 0.6) is 5.88 Å². The van der Waals surface area contributed by atoms with Crippen LogP contribution in [-0.2, 0) is 11.3 Å². The molecule has 4 heterocycles. The maximum atomic E-state index is 14.6. The minimum Gasteiger partial charge on any atom is -0.469 e. The standard InChI is InChI=1S/C22H24FN5O2S/c1-5-20(29)28-11-16(23)18(12-28)30-21-15-6-7-27(10-13(2)3)17(15)8-19(25-21)26-22-24-9-14(4)31-22/h1,6-9,13,16,18H,10-12H2,2-4H3,(H,24,25,26)/t16-,18+/m0/s1. The molecule has 0 aromatic carbocycles. The number of hydrogen-bond donors (Lipinski definition) is 1. The first-order valence-corrected chi connectivity index (χ1v) is 10.9. The maximum Gasteiger partial charge on any atom is 0.298 e. The number of thiazole rings is 1. The number of fused-ring (bicyclic) bond motifs is 1. The van der Waals surface area contributed by atoms with Crippen molar-refractivity contribution in [1.29, 1.82) is 0 Å². The maximum absolute atomic E-state index is 14.6. The first-order chi connectivity index (χ1) is 14.8. The Morgan fingerprint density at radius 3 is 2.97 bits per heavy atom. The molecule has 3 aromatic rings. The summed E-state index contributed by atoms with van der Waals surface area (Å²) in [5.41, 5.74) is 0.930. The smallest absolute Gasteiger partial charge is 0.298 e. The lowest BCUT2D eigenvalue weighted by molar-refractivity contribution is -0.124. The average Bonchev–Trinajstić information content (AvgIpc) is 3.41. The number of alkyl halides is 1. The van der Waals surface area contributed by atoms with Crippen molar-refractivity contribution in [3.63, 3.8) is 0 Å². The molecule has 1 fully saturated rings. The molecule has 0 spiro atoms. The second-order valence-corrected chi connectivity index (χ2v) is 9.27. The van der Waals surface area contributed by atoms with Crippen LogP contribution in [0.25, 0.3) is 10.9 Å². The summed E-state index contributed by atoms with van der Waals surface area (Å²) in [7, 11) is 0. The van der Waals surface area contributed by atoms with Gasteiger partial charge in [0.25, 0.3) is 5.91 Å². The number of likely N-dealkylation sites (tertiary alicyclic amines) is 1. The zero-order valence-electron chi connectivity index (χ0n) is 17.6. The quantitative estimate of drug-likeness (QED) is 0.590. The number of rotatable bonds is 6. The fourth-order valence-electron chi connectivity index (χ4n) is 3.63. The number of hydrogen-bond acceptors (Lipinski definition) is 6. The number of carbonyl (C=O) groups excluding carboxylic acids is 1. The van der Waals surface area contributed by atoms with Crippen LogP contribution in [0.3, 0.4) is 0 Å². The van der Waals surface area contributed by atoms with Crippen molar-refractivity contribution in [3.8, 4) is 18.2 Å². The van der Waals surface area contributed by atoms with E-state index >= 15 is 0 Å². The number of amides is 1. The van der Waals surface area contributed by atoms with Gasteiger partial charge in [-0.25, -0.2) is 9.37 Å². The third-order valence-corrected chi connectivity index (χ3v) is 5.85. The summed E-state index contributed by atoms with van der Waals surface area (Å²) in [6.07, 6.45) is 6.76. The van der Waals surface area contributed by atoms with Gasteiger partial charge in [0, 0.05) is 29.9 Å². The van der Waals surface area contributed by atoms with Crippen molar-refractivity contribution < 1.29 is 13.9 Å². The number of aryl methyl sites for hydroxylation is 1.